The third-order valence-corrected chi connectivity index (χ3v) is 3.52. The number of rotatable bonds is 7. The topological polar surface area (TPSA) is 66.6 Å². The SMILES string of the molecule is [NH3+]CCCCc1nnc(SCc2ccccc2F)o1. The van der Waals surface area contributed by atoms with Crippen LogP contribution in [0.5, 0.6) is 0 Å². The highest BCUT2D eigenvalue weighted by Crippen LogP contribution is 2.23. The molecule has 1 aromatic heterocycles. The second-order valence-electron chi connectivity index (χ2n) is 4.15. The average molecular weight is 282 g/mol. The number of aromatic nitrogens is 2. The van der Waals surface area contributed by atoms with Gasteiger partial charge in [0.15, 0.2) is 0 Å². The molecule has 0 unspecified atom stereocenters. The molecule has 0 atom stereocenters. The van der Waals surface area contributed by atoms with Gasteiger partial charge in [-0.3, -0.25) is 0 Å². The summed E-state index contributed by atoms with van der Waals surface area (Å²) >= 11 is 1.36. The number of aryl methyl sites for hydroxylation is 1. The van der Waals surface area contributed by atoms with Crippen molar-refractivity contribution in [3.05, 3.63) is 41.5 Å². The molecule has 0 bridgehead atoms. The Hall–Kier alpha value is -1.40. The lowest BCUT2D eigenvalue weighted by Gasteiger charge is -1.99. The third kappa shape index (κ3) is 4.33. The molecule has 0 radical (unpaired) electrons. The number of hydrogen-bond acceptors (Lipinski definition) is 4. The summed E-state index contributed by atoms with van der Waals surface area (Å²) in [6, 6.07) is 6.70. The summed E-state index contributed by atoms with van der Waals surface area (Å²) in [6.45, 7) is 0.920. The van der Waals surface area contributed by atoms with Gasteiger partial charge in [0.1, 0.15) is 5.82 Å². The van der Waals surface area contributed by atoms with Gasteiger partial charge in [0, 0.05) is 12.2 Å². The van der Waals surface area contributed by atoms with Crippen LogP contribution in [0.25, 0.3) is 0 Å². The monoisotopic (exact) mass is 282 g/mol. The van der Waals surface area contributed by atoms with Crippen LogP contribution in [-0.4, -0.2) is 16.7 Å². The van der Waals surface area contributed by atoms with E-state index < -0.39 is 0 Å². The molecule has 102 valence electrons. The fraction of sp³-hybridized carbons (Fsp3) is 0.385. The van der Waals surface area contributed by atoms with E-state index in [1.807, 2.05) is 6.07 Å². The van der Waals surface area contributed by atoms with Crippen molar-refractivity contribution in [3.63, 3.8) is 0 Å². The van der Waals surface area contributed by atoms with Crippen molar-refractivity contribution in [2.75, 3.05) is 6.54 Å². The number of hydrogen-bond donors (Lipinski definition) is 1. The van der Waals surface area contributed by atoms with Crippen LogP contribution >= 0.6 is 11.8 Å². The Bertz CT molecular complexity index is 518. The number of halogens is 1. The van der Waals surface area contributed by atoms with Gasteiger partial charge in [-0.25, -0.2) is 4.39 Å². The molecule has 0 fully saturated rings. The molecule has 0 amide bonds. The molecule has 3 N–H and O–H groups in total. The van der Waals surface area contributed by atoms with Crippen LogP contribution in [0.3, 0.4) is 0 Å². The zero-order valence-corrected chi connectivity index (χ0v) is 11.5. The maximum atomic E-state index is 13.4. The number of thioether (sulfide) groups is 1. The van der Waals surface area contributed by atoms with Crippen molar-refractivity contribution in [2.24, 2.45) is 0 Å². The van der Waals surface area contributed by atoms with Gasteiger partial charge in [-0.2, -0.15) is 0 Å². The predicted octanol–water partition coefficient (Wildman–Crippen LogP) is 2.07. The van der Waals surface area contributed by atoms with E-state index in [1.165, 1.54) is 17.8 Å². The Morgan fingerprint density at radius 1 is 1.21 bits per heavy atom. The largest absolute Gasteiger partial charge is 0.416 e. The highest BCUT2D eigenvalue weighted by Gasteiger charge is 2.08. The maximum Gasteiger partial charge on any atom is 0.276 e. The van der Waals surface area contributed by atoms with Gasteiger partial charge < -0.3 is 10.2 Å². The van der Waals surface area contributed by atoms with Crippen molar-refractivity contribution in [2.45, 2.75) is 30.2 Å². The van der Waals surface area contributed by atoms with Crippen LogP contribution in [0.1, 0.15) is 24.3 Å². The van der Waals surface area contributed by atoms with Crippen molar-refractivity contribution >= 4 is 11.8 Å². The Morgan fingerprint density at radius 2 is 2.05 bits per heavy atom. The number of benzene rings is 1. The number of unbranched alkanes of at least 4 members (excludes halogenated alkanes) is 1. The van der Waals surface area contributed by atoms with Gasteiger partial charge in [0.25, 0.3) is 5.22 Å². The van der Waals surface area contributed by atoms with Crippen molar-refractivity contribution in [1.29, 1.82) is 0 Å². The number of nitrogens with zero attached hydrogens (tertiary/aromatic N) is 2. The summed E-state index contributed by atoms with van der Waals surface area (Å²) in [6.07, 6.45) is 2.84. The Kier molecular flexibility index (Phi) is 5.35. The lowest BCUT2D eigenvalue weighted by Crippen LogP contribution is -2.50. The summed E-state index contributed by atoms with van der Waals surface area (Å²) in [5.74, 6) is 0.933. The standard InChI is InChI=1S/C13H16FN3OS/c14-11-6-2-1-5-10(11)9-19-13-17-16-12(18-13)7-3-4-8-15/h1-2,5-6H,3-4,7-9,15H2/p+1. The van der Waals surface area contributed by atoms with Crippen molar-refractivity contribution < 1.29 is 14.5 Å². The van der Waals surface area contributed by atoms with Crippen LogP contribution < -0.4 is 5.73 Å². The van der Waals surface area contributed by atoms with Gasteiger partial charge in [0.05, 0.1) is 6.54 Å². The molecule has 19 heavy (non-hydrogen) atoms. The van der Waals surface area contributed by atoms with Gasteiger partial charge >= 0.3 is 0 Å². The molecule has 0 aliphatic carbocycles. The van der Waals surface area contributed by atoms with E-state index in [-0.39, 0.29) is 5.82 Å². The molecule has 4 nitrogen and oxygen atoms in total. The van der Waals surface area contributed by atoms with E-state index in [0.717, 1.165) is 25.8 Å². The van der Waals surface area contributed by atoms with Crippen LogP contribution in [0.4, 0.5) is 4.39 Å². The molecule has 1 heterocycles. The zero-order chi connectivity index (χ0) is 13.5. The van der Waals surface area contributed by atoms with E-state index in [9.17, 15) is 4.39 Å². The summed E-state index contributed by atoms with van der Waals surface area (Å²) in [4.78, 5) is 0. The quantitative estimate of drug-likeness (QED) is 0.623. The first-order chi connectivity index (χ1) is 9.29. The van der Waals surface area contributed by atoms with Gasteiger partial charge in [-0.15, -0.1) is 10.2 Å². The maximum absolute atomic E-state index is 13.4. The number of quaternary nitrogens is 1. The summed E-state index contributed by atoms with van der Waals surface area (Å²) < 4.78 is 18.9. The van der Waals surface area contributed by atoms with E-state index in [1.54, 1.807) is 12.1 Å². The van der Waals surface area contributed by atoms with E-state index in [4.69, 9.17) is 4.42 Å². The Balaban J connectivity index is 1.85. The first-order valence-electron chi connectivity index (χ1n) is 6.27. The van der Waals surface area contributed by atoms with E-state index in [2.05, 4.69) is 15.9 Å². The molecule has 6 heteroatoms. The Labute approximate surface area is 115 Å². The van der Waals surface area contributed by atoms with Crippen LogP contribution in [0.15, 0.2) is 33.9 Å². The molecule has 2 aromatic rings. The van der Waals surface area contributed by atoms with Crippen molar-refractivity contribution in [1.82, 2.24) is 10.2 Å². The highest BCUT2D eigenvalue weighted by atomic mass is 32.2. The van der Waals surface area contributed by atoms with Crippen LogP contribution in [0.2, 0.25) is 0 Å². The smallest absolute Gasteiger partial charge is 0.276 e. The van der Waals surface area contributed by atoms with Gasteiger partial charge in [-0.05, 0) is 24.5 Å². The lowest BCUT2D eigenvalue weighted by atomic mass is 10.2. The second kappa shape index (κ2) is 7.25. The average Bonchev–Trinajstić information content (AvgIpc) is 2.86. The van der Waals surface area contributed by atoms with E-state index >= 15 is 0 Å². The molecule has 0 aliphatic heterocycles. The summed E-state index contributed by atoms with van der Waals surface area (Å²) in [5, 5.41) is 8.41. The first kappa shape index (κ1) is 14.0. The highest BCUT2D eigenvalue weighted by molar-refractivity contribution is 7.98. The molecule has 0 saturated heterocycles. The second-order valence-corrected chi connectivity index (χ2v) is 5.08. The zero-order valence-electron chi connectivity index (χ0n) is 10.6. The minimum Gasteiger partial charge on any atom is -0.416 e. The normalized spacial score (nSPS) is 10.8. The molecule has 1 aromatic carbocycles. The predicted molar refractivity (Wildman–Crippen MR) is 71.0 cm³/mol. The summed E-state index contributed by atoms with van der Waals surface area (Å²) in [7, 11) is 0. The van der Waals surface area contributed by atoms with E-state index in [0.29, 0.717) is 22.4 Å². The molecule has 2 rings (SSSR count). The fourth-order valence-electron chi connectivity index (χ4n) is 1.61. The molecule has 0 aliphatic rings. The minimum absolute atomic E-state index is 0.204. The molecular formula is C13H17FN3OS+. The first-order valence-corrected chi connectivity index (χ1v) is 7.26. The fourth-order valence-corrected chi connectivity index (χ4v) is 2.37. The van der Waals surface area contributed by atoms with Crippen LogP contribution in [0, 0.1) is 5.82 Å². The minimum atomic E-state index is -0.204. The molecular weight excluding hydrogens is 265 g/mol. The van der Waals surface area contributed by atoms with Gasteiger partial charge in [-0.1, -0.05) is 30.0 Å². The summed E-state index contributed by atoms with van der Waals surface area (Å²) in [5.41, 5.74) is 4.43. The third-order valence-electron chi connectivity index (χ3n) is 2.65. The molecule has 0 saturated carbocycles. The van der Waals surface area contributed by atoms with Gasteiger partial charge in [0.2, 0.25) is 5.89 Å². The molecule has 0 spiro atoms. The lowest BCUT2D eigenvalue weighted by molar-refractivity contribution is -0.368. The van der Waals surface area contributed by atoms with Crippen molar-refractivity contribution in [3.8, 4) is 0 Å². The van der Waals surface area contributed by atoms with Crippen LogP contribution in [-0.2, 0) is 12.2 Å². The Morgan fingerprint density at radius 3 is 2.84 bits per heavy atom.